The van der Waals surface area contributed by atoms with Crippen molar-refractivity contribution < 1.29 is 4.79 Å². The van der Waals surface area contributed by atoms with E-state index in [0.717, 1.165) is 23.7 Å². The van der Waals surface area contributed by atoms with Crippen molar-refractivity contribution in [3.63, 3.8) is 0 Å². The van der Waals surface area contributed by atoms with Gasteiger partial charge in [0.25, 0.3) is 0 Å². The van der Waals surface area contributed by atoms with E-state index in [1.165, 1.54) is 22.9 Å². The molecular weight excluding hydrogens is 352 g/mol. The molecular formula is C18H18N4OS2. The van der Waals surface area contributed by atoms with E-state index in [4.69, 9.17) is 0 Å². The molecule has 1 aliphatic heterocycles. The third-order valence-electron chi connectivity index (χ3n) is 4.29. The topological polar surface area (TPSA) is 61.9 Å². The minimum Gasteiger partial charge on any atom is -0.337 e. The molecule has 1 aliphatic rings. The highest BCUT2D eigenvalue weighted by Crippen LogP contribution is 2.27. The van der Waals surface area contributed by atoms with Gasteiger partial charge < -0.3 is 4.90 Å². The monoisotopic (exact) mass is 370 g/mol. The summed E-state index contributed by atoms with van der Waals surface area (Å²) in [6, 6.07) is 12.3. The van der Waals surface area contributed by atoms with Crippen LogP contribution in [0.5, 0.6) is 0 Å². The van der Waals surface area contributed by atoms with Gasteiger partial charge in [-0.25, -0.2) is 4.98 Å². The molecule has 1 amide bonds. The predicted octanol–water partition coefficient (Wildman–Crippen LogP) is 3.60. The number of carbonyl (C=O) groups is 1. The highest BCUT2D eigenvalue weighted by molar-refractivity contribution is 8.00. The first-order valence-electron chi connectivity index (χ1n) is 8.19. The summed E-state index contributed by atoms with van der Waals surface area (Å²) < 4.78 is 0. The molecule has 0 radical (unpaired) electrons. The fourth-order valence-corrected chi connectivity index (χ4v) is 4.44. The lowest BCUT2D eigenvalue weighted by Crippen LogP contribution is -2.40. The number of aromatic nitrogens is 3. The average Bonchev–Trinajstić information content (AvgIpc) is 3.32. The summed E-state index contributed by atoms with van der Waals surface area (Å²) in [7, 11) is 0. The summed E-state index contributed by atoms with van der Waals surface area (Å²) in [6.45, 7) is 3.39. The second-order valence-corrected chi connectivity index (χ2v) is 8.24. The van der Waals surface area contributed by atoms with Gasteiger partial charge in [0.15, 0.2) is 5.82 Å². The van der Waals surface area contributed by atoms with Crippen molar-refractivity contribution in [3.05, 3.63) is 52.9 Å². The number of H-pyrrole nitrogens is 1. The van der Waals surface area contributed by atoms with Crippen LogP contribution in [0.2, 0.25) is 0 Å². The van der Waals surface area contributed by atoms with Gasteiger partial charge in [-0.1, -0.05) is 42.1 Å². The molecule has 4 rings (SSSR count). The minimum absolute atomic E-state index is 0.141. The Kier molecular flexibility index (Phi) is 4.59. The Morgan fingerprint density at radius 3 is 2.92 bits per heavy atom. The second-order valence-electron chi connectivity index (χ2n) is 5.98. The van der Waals surface area contributed by atoms with Gasteiger partial charge in [0.05, 0.1) is 10.1 Å². The molecule has 1 atom stereocenters. The summed E-state index contributed by atoms with van der Waals surface area (Å²) in [5, 5.41) is 9.59. The molecule has 1 N–H and O–H groups in total. The number of benzene rings is 1. The second kappa shape index (κ2) is 7.01. The highest BCUT2D eigenvalue weighted by atomic mass is 32.2. The number of thiophene rings is 1. The zero-order chi connectivity index (χ0) is 17.2. The van der Waals surface area contributed by atoms with Gasteiger partial charge >= 0.3 is 0 Å². The number of aromatic amines is 1. The molecule has 0 spiro atoms. The predicted molar refractivity (Wildman–Crippen MR) is 101 cm³/mol. The first-order chi connectivity index (χ1) is 12.2. The number of thioether (sulfide) groups is 1. The van der Waals surface area contributed by atoms with Crippen molar-refractivity contribution in [2.45, 2.75) is 30.3 Å². The van der Waals surface area contributed by atoms with E-state index >= 15 is 0 Å². The van der Waals surface area contributed by atoms with E-state index in [9.17, 15) is 4.79 Å². The number of nitrogens with one attached hydrogen (secondary N) is 1. The number of fused-ring (bicyclic) bond motifs is 1. The lowest BCUT2D eigenvalue weighted by molar-refractivity contribution is -0.131. The van der Waals surface area contributed by atoms with Crippen molar-refractivity contribution in [1.82, 2.24) is 20.1 Å². The van der Waals surface area contributed by atoms with Crippen LogP contribution in [-0.4, -0.2) is 37.8 Å². The number of rotatable bonds is 4. The molecule has 25 heavy (non-hydrogen) atoms. The van der Waals surface area contributed by atoms with Crippen molar-refractivity contribution in [1.29, 1.82) is 0 Å². The molecule has 3 heterocycles. The van der Waals surface area contributed by atoms with E-state index in [1.54, 1.807) is 11.3 Å². The Hall–Kier alpha value is -2.12. The van der Waals surface area contributed by atoms with Crippen molar-refractivity contribution >= 4 is 29.0 Å². The van der Waals surface area contributed by atoms with Gasteiger partial charge in [-0.15, -0.1) is 16.4 Å². The number of nitrogens with zero attached hydrogens (tertiary/aromatic N) is 3. The molecule has 0 saturated heterocycles. The van der Waals surface area contributed by atoms with Gasteiger partial charge in [-0.05, 0) is 35.9 Å². The number of carbonyl (C=O) groups excluding carboxylic acids is 1. The molecule has 3 aromatic rings. The van der Waals surface area contributed by atoms with Crippen LogP contribution in [0.15, 0.2) is 46.9 Å². The Labute approximate surface area is 154 Å². The van der Waals surface area contributed by atoms with Crippen LogP contribution in [-0.2, 0) is 17.8 Å². The van der Waals surface area contributed by atoms with Gasteiger partial charge in [0.1, 0.15) is 0 Å². The van der Waals surface area contributed by atoms with Gasteiger partial charge in [-0.2, -0.15) is 0 Å². The molecule has 0 fully saturated rings. The fourth-order valence-electron chi connectivity index (χ4n) is 2.97. The zero-order valence-electron chi connectivity index (χ0n) is 13.8. The molecule has 1 aromatic carbocycles. The normalized spacial score (nSPS) is 15.0. The Balaban J connectivity index is 1.41. The van der Waals surface area contributed by atoms with E-state index in [0.29, 0.717) is 11.7 Å². The molecule has 5 nitrogen and oxygen atoms in total. The van der Waals surface area contributed by atoms with Crippen molar-refractivity contribution in [2.75, 3.05) is 6.54 Å². The van der Waals surface area contributed by atoms with Crippen LogP contribution >= 0.6 is 23.1 Å². The third kappa shape index (κ3) is 3.48. The standard InChI is InChI=1S/C18H18N4OS2/c1-12(25-18-19-16(20-21-18)15-7-4-10-24-15)17(23)22-9-8-13-5-2-3-6-14(13)11-22/h2-7,10,12H,8-9,11H2,1H3,(H,19,20,21). The Morgan fingerprint density at radius 1 is 1.28 bits per heavy atom. The summed E-state index contributed by atoms with van der Waals surface area (Å²) in [5.74, 6) is 0.894. The maximum Gasteiger partial charge on any atom is 0.236 e. The largest absolute Gasteiger partial charge is 0.337 e. The fraction of sp³-hybridized carbons (Fsp3) is 0.278. The summed E-state index contributed by atoms with van der Waals surface area (Å²) >= 11 is 3.02. The minimum atomic E-state index is -0.211. The van der Waals surface area contributed by atoms with E-state index in [1.807, 2.05) is 35.4 Å². The highest BCUT2D eigenvalue weighted by Gasteiger charge is 2.26. The molecule has 7 heteroatoms. The molecule has 0 bridgehead atoms. The van der Waals surface area contributed by atoms with Gasteiger partial charge in [-0.3, -0.25) is 9.89 Å². The maximum atomic E-state index is 12.8. The zero-order valence-corrected chi connectivity index (χ0v) is 15.4. The first-order valence-corrected chi connectivity index (χ1v) is 9.95. The first kappa shape index (κ1) is 16.4. The van der Waals surface area contributed by atoms with Gasteiger partial charge in [0, 0.05) is 13.1 Å². The SMILES string of the molecule is CC(Sc1n[nH]c(-c2cccs2)n1)C(=O)N1CCc2ccccc2C1. The lowest BCUT2D eigenvalue weighted by atomic mass is 10.00. The number of hydrogen-bond donors (Lipinski definition) is 1. The van der Waals surface area contributed by atoms with Crippen LogP contribution in [0.4, 0.5) is 0 Å². The van der Waals surface area contributed by atoms with E-state index in [2.05, 4.69) is 33.4 Å². The number of hydrogen-bond acceptors (Lipinski definition) is 5. The van der Waals surface area contributed by atoms with E-state index in [-0.39, 0.29) is 11.2 Å². The lowest BCUT2D eigenvalue weighted by Gasteiger charge is -2.30. The van der Waals surface area contributed by atoms with Crippen LogP contribution in [0.1, 0.15) is 18.1 Å². The molecule has 2 aromatic heterocycles. The molecule has 1 unspecified atom stereocenters. The van der Waals surface area contributed by atoms with Crippen LogP contribution in [0, 0.1) is 0 Å². The van der Waals surface area contributed by atoms with Crippen LogP contribution in [0.3, 0.4) is 0 Å². The quantitative estimate of drug-likeness (QED) is 0.713. The van der Waals surface area contributed by atoms with Crippen molar-refractivity contribution in [3.8, 4) is 10.7 Å². The smallest absolute Gasteiger partial charge is 0.236 e. The molecule has 0 aliphatic carbocycles. The van der Waals surface area contributed by atoms with E-state index < -0.39 is 0 Å². The Morgan fingerprint density at radius 2 is 2.12 bits per heavy atom. The summed E-state index contributed by atoms with van der Waals surface area (Å²) in [5.41, 5.74) is 2.60. The van der Waals surface area contributed by atoms with Crippen molar-refractivity contribution in [2.24, 2.45) is 0 Å². The third-order valence-corrected chi connectivity index (χ3v) is 6.12. The van der Waals surface area contributed by atoms with Crippen LogP contribution in [0.25, 0.3) is 10.7 Å². The maximum absolute atomic E-state index is 12.8. The van der Waals surface area contributed by atoms with Gasteiger partial charge in [0.2, 0.25) is 11.1 Å². The van der Waals surface area contributed by atoms with Crippen LogP contribution < -0.4 is 0 Å². The molecule has 128 valence electrons. The number of amides is 1. The summed E-state index contributed by atoms with van der Waals surface area (Å²) in [6.07, 6.45) is 0.919. The average molecular weight is 371 g/mol. The molecule has 0 saturated carbocycles. The summed E-state index contributed by atoms with van der Waals surface area (Å²) in [4.78, 5) is 20.3. The Bertz CT molecular complexity index is 875.